The summed E-state index contributed by atoms with van der Waals surface area (Å²) >= 11 is 9.77. The van der Waals surface area contributed by atoms with Gasteiger partial charge in [-0.15, -0.1) is 0 Å². The van der Waals surface area contributed by atoms with Gasteiger partial charge in [-0.3, -0.25) is 4.79 Å². The molecule has 1 N–H and O–H groups in total. The molecule has 44 heavy (non-hydrogen) atoms. The number of aliphatic carboxylic acids is 2. The summed E-state index contributed by atoms with van der Waals surface area (Å²) in [6, 6.07) is 24.5. The van der Waals surface area contributed by atoms with Crippen LogP contribution < -0.4 is 14.6 Å². The summed E-state index contributed by atoms with van der Waals surface area (Å²) in [6.45, 7) is 0.668. The molecule has 5 aromatic rings. The number of benzene rings is 4. The van der Waals surface area contributed by atoms with Crippen molar-refractivity contribution in [3.05, 3.63) is 118 Å². The normalized spacial score (nSPS) is 14.6. The van der Waals surface area contributed by atoms with Crippen molar-refractivity contribution < 1.29 is 24.4 Å². The van der Waals surface area contributed by atoms with Gasteiger partial charge in [-0.1, -0.05) is 101 Å². The maximum Gasteiger partial charge on any atom is 0.305 e. The van der Waals surface area contributed by atoms with E-state index in [1.807, 2.05) is 70.2 Å². The fourth-order valence-electron chi connectivity index (χ4n) is 5.28. The number of rotatable bonds is 10. The Morgan fingerprint density at radius 3 is 2.43 bits per heavy atom. The summed E-state index contributed by atoms with van der Waals surface area (Å²) in [5.41, 5.74) is 1.98. The first kappa shape index (κ1) is 29.7. The first-order valence-electron chi connectivity index (χ1n) is 14.0. The number of aromatic nitrogens is 1. The van der Waals surface area contributed by atoms with Crippen molar-refractivity contribution in [3.63, 3.8) is 0 Å². The van der Waals surface area contributed by atoms with E-state index in [1.165, 1.54) is 0 Å². The molecule has 0 bridgehead atoms. The average Bonchev–Trinajstić information content (AvgIpc) is 3.56. The summed E-state index contributed by atoms with van der Waals surface area (Å²) in [5, 5.41) is 27.5. The molecular weight excluding hydrogens is 612 g/mol. The molecule has 0 spiro atoms. The molecule has 1 aromatic heterocycles. The first-order chi connectivity index (χ1) is 21.4. The minimum atomic E-state index is -1.09. The van der Waals surface area contributed by atoms with Crippen LogP contribution in [0, 0.1) is 0 Å². The largest absolute Gasteiger partial charge is 0.550 e. The first-order valence-corrected chi connectivity index (χ1v) is 16.1. The van der Waals surface area contributed by atoms with E-state index in [2.05, 4.69) is 36.4 Å². The van der Waals surface area contributed by atoms with Crippen LogP contribution in [0.1, 0.15) is 17.8 Å². The van der Waals surface area contributed by atoms with Crippen molar-refractivity contribution in [1.82, 2.24) is 0 Å². The molecule has 0 atom stereocenters. The van der Waals surface area contributed by atoms with Crippen molar-refractivity contribution in [2.75, 3.05) is 11.4 Å². The molecule has 0 fully saturated rings. The number of allylic oxidation sites excluding steroid dienone is 6. The molecule has 0 radical (unpaired) electrons. The van der Waals surface area contributed by atoms with Gasteiger partial charge in [0.25, 0.3) is 5.01 Å². The summed E-state index contributed by atoms with van der Waals surface area (Å²) in [4.78, 5) is 25.8. The zero-order chi connectivity index (χ0) is 30.6. The summed E-state index contributed by atoms with van der Waals surface area (Å²) in [5.74, 6) is -1.93. The number of thioether (sulfide) groups is 1. The number of carboxylic acids is 2. The van der Waals surface area contributed by atoms with Crippen LogP contribution in [0.15, 0.2) is 118 Å². The third-order valence-corrected chi connectivity index (χ3v) is 9.97. The Kier molecular flexibility index (Phi) is 8.84. The lowest BCUT2D eigenvalue weighted by molar-refractivity contribution is -0.668. The monoisotopic (exact) mass is 638 g/mol. The lowest BCUT2D eigenvalue weighted by atomic mass is 10.1. The van der Waals surface area contributed by atoms with Crippen molar-refractivity contribution in [2.24, 2.45) is 0 Å². The molecular formula is C35H27ClN2O4S2. The topological polar surface area (TPSA) is 84.5 Å². The van der Waals surface area contributed by atoms with Crippen LogP contribution >= 0.6 is 34.7 Å². The molecule has 0 amide bonds. The van der Waals surface area contributed by atoms with Crippen molar-refractivity contribution in [2.45, 2.75) is 24.3 Å². The number of hydrogen-bond donors (Lipinski definition) is 1. The highest BCUT2D eigenvalue weighted by Gasteiger charge is 2.27. The molecule has 6 nitrogen and oxygen atoms in total. The van der Waals surface area contributed by atoms with Crippen LogP contribution in [0.25, 0.3) is 37.8 Å². The molecule has 0 aliphatic carbocycles. The summed E-state index contributed by atoms with van der Waals surface area (Å²) < 4.78 is 3.10. The third-order valence-electron chi connectivity index (χ3n) is 7.32. The number of aryl methyl sites for hydroxylation is 1. The third kappa shape index (κ3) is 6.28. The molecule has 0 saturated carbocycles. The van der Waals surface area contributed by atoms with Crippen LogP contribution in [0.4, 0.5) is 5.69 Å². The predicted octanol–water partition coefficient (Wildman–Crippen LogP) is 7.26. The SMILES string of the molecule is O=C([O-])CC[n+]1c(/C=C/C=C(Cl)/C=C/C=C2\Sc3c(ccc4ccccc34)N2CCC(=O)O)sc2c3ccccc3ccc21. The second-order valence-electron chi connectivity index (χ2n) is 10.2. The van der Waals surface area contributed by atoms with E-state index in [0.29, 0.717) is 18.1 Å². The van der Waals surface area contributed by atoms with E-state index in [-0.39, 0.29) is 12.8 Å². The van der Waals surface area contributed by atoms with E-state index >= 15 is 0 Å². The van der Waals surface area contributed by atoms with E-state index < -0.39 is 11.9 Å². The predicted molar refractivity (Wildman–Crippen MR) is 179 cm³/mol. The van der Waals surface area contributed by atoms with Gasteiger partial charge in [0.1, 0.15) is 4.70 Å². The van der Waals surface area contributed by atoms with Crippen LogP contribution in [0.2, 0.25) is 0 Å². The minimum absolute atomic E-state index is 0.0236. The highest BCUT2D eigenvalue weighted by molar-refractivity contribution is 8.04. The maximum absolute atomic E-state index is 11.4. The molecule has 9 heteroatoms. The number of hydrogen-bond acceptors (Lipinski definition) is 6. The van der Waals surface area contributed by atoms with Gasteiger partial charge in [-0.2, -0.15) is 4.57 Å². The zero-order valence-corrected chi connectivity index (χ0v) is 25.9. The number of fused-ring (bicyclic) bond motifs is 6. The van der Waals surface area contributed by atoms with Gasteiger partial charge in [0, 0.05) is 46.4 Å². The molecule has 6 rings (SSSR count). The Labute approximate surface area is 267 Å². The second kappa shape index (κ2) is 13.1. The van der Waals surface area contributed by atoms with Crippen LogP contribution in [-0.2, 0) is 16.1 Å². The summed E-state index contributed by atoms with van der Waals surface area (Å²) in [7, 11) is 0. The average molecular weight is 639 g/mol. The minimum Gasteiger partial charge on any atom is -0.550 e. The van der Waals surface area contributed by atoms with Gasteiger partial charge in [-0.25, -0.2) is 0 Å². The number of nitrogens with zero attached hydrogens (tertiary/aromatic N) is 2. The van der Waals surface area contributed by atoms with Gasteiger partial charge in [-0.05, 0) is 46.5 Å². The number of carbonyl (C=O) groups is 2. The quantitative estimate of drug-likeness (QED) is 0.128. The van der Waals surface area contributed by atoms with Gasteiger partial charge >= 0.3 is 5.97 Å². The molecule has 1 aliphatic heterocycles. The van der Waals surface area contributed by atoms with Gasteiger partial charge < -0.3 is 19.9 Å². The standard InChI is InChI=1S/C35H27ClN2O4S2/c36-25(9-5-13-30-37(21-19-32(39)40)28-17-15-23-7-1-3-11-26(23)34(28)43-30)10-6-14-31-38(22-20-33(41)42)29-18-16-24-8-2-4-12-27(24)35(29)44-31/h1-18H,19-22H2,(H-,39,40,41,42). The van der Waals surface area contributed by atoms with Gasteiger partial charge in [0.15, 0.2) is 6.54 Å². The highest BCUT2D eigenvalue weighted by Crippen LogP contribution is 2.49. The number of carbonyl (C=O) groups excluding carboxylic acids is 1. The highest BCUT2D eigenvalue weighted by atomic mass is 35.5. The maximum atomic E-state index is 11.4. The Morgan fingerprint density at radius 2 is 1.66 bits per heavy atom. The van der Waals surface area contributed by atoms with Crippen molar-refractivity contribution in [3.8, 4) is 0 Å². The number of anilines is 1. The van der Waals surface area contributed by atoms with Crippen LogP contribution in [-0.4, -0.2) is 23.6 Å². The summed E-state index contributed by atoms with van der Waals surface area (Å²) in [6.07, 6.45) is 11.1. The zero-order valence-electron chi connectivity index (χ0n) is 23.5. The molecule has 220 valence electrons. The van der Waals surface area contributed by atoms with Crippen LogP contribution in [0.3, 0.4) is 0 Å². The Morgan fingerprint density at radius 1 is 0.932 bits per heavy atom. The molecule has 1 aliphatic rings. The van der Waals surface area contributed by atoms with E-state index in [9.17, 15) is 19.8 Å². The van der Waals surface area contributed by atoms with E-state index in [4.69, 9.17) is 11.6 Å². The van der Waals surface area contributed by atoms with Crippen LogP contribution in [0.5, 0.6) is 0 Å². The Balaban J connectivity index is 1.25. The lowest BCUT2D eigenvalue weighted by Crippen LogP contribution is -2.38. The number of halogens is 1. The Bertz CT molecular complexity index is 2040. The fraction of sp³-hybridized carbons (Fsp3) is 0.114. The molecule has 4 aromatic carbocycles. The Hall–Kier alpha value is -4.37. The molecule has 0 unspecified atom stereocenters. The van der Waals surface area contributed by atoms with Crippen molar-refractivity contribution in [1.29, 1.82) is 0 Å². The smallest absolute Gasteiger partial charge is 0.305 e. The van der Waals surface area contributed by atoms with Gasteiger partial charge in [0.05, 0.1) is 17.1 Å². The van der Waals surface area contributed by atoms with E-state index in [0.717, 1.165) is 52.4 Å². The van der Waals surface area contributed by atoms with Crippen molar-refractivity contribution >= 4 is 90.2 Å². The molecule has 0 saturated heterocycles. The number of thiazole rings is 1. The number of carboxylic acid groups (broad SMARTS) is 2. The fourth-order valence-corrected chi connectivity index (χ4v) is 7.89. The van der Waals surface area contributed by atoms with E-state index in [1.54, 1.807) is 35.3 Å². The lowest BCUT2D eigenvalue weighted by Gasteiger charge is -2.19. The van der Waals surface area contributed by atoms with Gasteiger partial charge in [0.2, 0.25) is 5.52 Å². The second-order valence-corrected chi connectivity index (χ2v) is 12.7. The molecule has 2 heterocycles.